The molecule has 1 unspecified atom stereocenters. The SMILES string of the molecule is O=C(OCc1ccccc1)N1CCC(C(c2ccc3ccc(-c4ccccc4)nc3c2)c2ncc3c(Cl)nccn23)CC1. The van der Waals surface area contributed by atoms with Gasteiger partial charge in [-0.15, -0.1) is 0 Å². The molecule has 0 spiro atoms. The second-order valence-corrected chi connectivity index (χ2v) is 11.3. The predicted octanol–water partition coefficient (Wildman–Crippen LogP) is 7.78. The number of halogens is 1. The number of carbonyl (C=O) groups excluding carboxylic acids is 1. The first kappa shape index (κ1) is 27.1. The van der Waals surface area contributed by atoms with Crippen LogP contribution in [0.25, 0.3) is 27.7 Å². The lowest BCUT2D eigenvalue weighted by Crippen LogP contribution is -2.40. The standard InChI is InChI=1S/C35H30ClN5O2/c36-33-31-22-38-34(41(31)20-17-37-33)32(27-15-18-40(19-16-27)35(42)43-23-24-7-3-1-4-8-24)28-12-11-26-13-14-29(39-30(26)21-28)25-9-5-2-6-10-25/h1-14,17,20-22,27,32H,15-16,18-19,23H2. The Balaban J connectivity index is 1.19. The number of hydrogen-bond donors (Lipinski definition) is 0. The van der Waals surface area contributed by atoms with Crippen LogP contribution in [0.3, 0.4) is 0 Å². The molecule has 0 bridgehead atoms. The maximum absolute atomic E-state index is 12.9. The van der Waals surface area contributed by atoms with Gasteiger partial charge in [0.25, 0.3) is 0 Å². The van der Waals surface area contributed by atoms with E-state index >= 15 is 0 Å². The van der Waals surface area contributed by atoms with Crippen LogP contribution in [0.15, 0.2) is 110 Å². The van der Waals surface area contributed by atoms with Crippen molar-refractivity contribution in [3.8, 4) is 11.3 Å². The Bertz CT molecular complexity index is 1890. The summed E-state index contributed by atoms with van der Waals surface area (Å²) in [5, 5.41) is 1.50. The van der Waals surface area contributed by atoms with Crippen molar-refractivity contribution in [1.82, 2.24) is 24.3 Å². The average molecular weight is 588 g/mol. The van der Waals surface area contributed by atoms with E-state index < -0.39 is 0 Å². The summed E-state index contributed by atoms with van der Waals surface area (Å²) in [6.07, 6.45) is 6.77. The monoisotopic (exact) mass is 587 g/mol. The van der Waals surface area contributed by atoms with Crippen molar-refractivity contribution < 1.29 is 9.53 Å². The second kappa shape index (κ2) is 11.9. The molecule has 0 N–H and O–H groups in total. The van der Waals surface area contributed by atoms with Gasteiger partial charge in [0.05, 0.1) is 17.4 Å². The molecular formula is C35H30ClN5O2. The predicted molar refractivity (Wildman–Crippen MR) is 168 cm³/mol. The summed E-state index contributed by atoms with van der Waals surface area (Å²) in [6, 6.07) is 30.7. The van der Waals surface area contributed by atoms with Crippen LogP contribution in [0.1, 0.15) is 35.7 Å². The topological polar surface area (TPSA) is 72.6 Å². The van der Waals surface area contributed by atoms with E-state index in [9.17, 15) is 4.79 Å². The normalized spacial score (nSPS) is 14.7. The fourth-order valence-corrected chi connectivity index (χ4v) is 6.30. The van der Waals surface area contributed by atoms with Crippen LogP contribution in [0.2, 0.25) is 5.15 Å². The quantitative estimate of drug-likeness (QED) is 0.199. The molecule has 1 saturated heterocycles. The Morgan fingerprint density at radius 3 is 2.47 bits per heavy atom. The van der Waals surface area contributed by atoms with Gasteiger partial charge in [0.1, 0.15) is 17.9 Å². The van der Waals surface area contributed by atoms with Crippen LogP contribution < -0.4 is 0 Å². The minimum atomic E-state index is -0.272. The third-order valence-corrected chi connectivity index (χ3v) is 8.63. The van der Waals surface area contributed by atoms with Crippen LogP contribution in [0.4, 0.5) is 4.79 Å². The molecule has 7 nitrogen and oxygen atoms in total. The molecule has 3 aromatic heterocycles. The molecule has 1 atom stereocenters. The van der Waals surface area contributed by atoms with E-state index in [1.54, 1.807) is 12.4 Å². The molecule has 214 valence electrons. The van der Waals surface area contributed by atoms with Gasteiger partial charge in [0, 0.05) is 42.4 Å². The minimum Gasteiger partial charge on any atom is -0.445 e. The summed E-state index contributed by atoms with van der Waals surface area (Å²) < 4.78 is 7.67. The number of rotatable bonds is 6. The highest BCUT2D eigenvalue weighted by Crippen LogP contribution is 2.39. The minimum absolute atomic E-state index is 0.0324. The van der Waals surface area contributed by atoms with Crippen LogP contribution in [-0.4, -0.2) is 43.4 Å². The lowest BCUT2D eigenvalue weighted by atomic mass is 9.79. The Labute approximate surface area is 254 Å². The van der Waals surface area contributed by atoms with E-state index in [4.69, 9.17) is 26.3 Å². The lowest BCUT2D eigenvalue weighted by molar-refractivity contribution is 0.0806. The van der Waals surface area contributed by atoms with Crippen molar-refractivity contribution in [3.63, 3.8) is 0 Å². The van der Waals surface area contributed by atoms with Gasteiger partial charge in [-0.3, -0.25) is 4.40 Å². The van der Waals surface area contributed by atoms with Gasteiger partial charge in [-0.1, -0.05) is 90.5 Å². The lowest BCUT2D eigenvalue weighted by Gasteiger charge is -2.35. The Morgan fingerprint density at radius 2 is 1.67 bits per heavy atom. The van der Waals surface area contributed by atoms with Crippen molar-refractivity contribution in [2.75, 3.05) is 13.1 Å². The highest BCUT2D eigenvalue weighted by atomic mass is 35.5. The van der Waals surface area contributed by atoms with Gasteiger partial charge in [-0.2, -0.15) is 0 Å². The van der Waals surface area contributed by atoms with E-state index in [1.165, 1.54) is 0 Å². The van der Waals surface area contributed by atoms with E-state index in [-0.39, 0.29) is 24.5 Å². The van der Waals surface area contributed by atoms with Gasteiger partial charge in [0.15, 0.2) is 5.15 Å². The fraction of sp³-hybridized carbons (Fsp3) is 0.200. The number of benzene rings is 3. The van der Waals surface area contributed by atoms with Gasteiger partial charge in [0.2, 0.25) is 0 Å². The molecule has 1 fully saturated rings. The molecule has 0 radical (unpaired) electrons. The number of piperidine rings is 1. The van der Waals surface area contributed by atoms with Crippen molar-refractivity contribution in [2.24, 2.45) is 5.92 Å². The van der Waals surface area contributed by atoms with Crippen LogP contribution in [0.5, 0.6) is 0 Å². The highest BCUT2D eigenvalue weighted by Gasteiger charge is 2.33. The van der Waals surface area contributed by atoms with Crippen LogP contribution >= 0.6 is 11.6 Å². The highest BCUT2D eigenvalue weighted by molar-refractivity contribution is 6.32. The number of carbonyl (C=O) groups is 1. The number of ether oxygens (including phenoxy) is 1. The second-order valence-electron chi connectivity index (χ2n) is 10.9. The first-order valence-electron chi connectivity index (χ1n) is 14.5. The summed E-state index contributed by atoms with van der Waals surface area (Å²) in [5.41, 5.74) is 5.84. The molecule has 4 heterocycles. The van der Waals surface area contributed by atoms with Gasteiger partial charge in [-0.05, 0) is 42.0 Å². The Hall–Kier alpha value is -4.75. The molecule has 1 aliphatic heterocycles. The molecule has 3 aromatic carbocycles. The van der Waals surface area contributed by atoms with Crippen LogP contribution in [0, 0.1) is 5.92 Å². The number of likely N-dealkylation sites (tertiary alicyclic amines) is 1. The summed E-state index contributed by atoms with van der Waals surface area (Å²) >= 11 is 6.45. The summed E-state index contributed by atoms with van der Waals surface area (Å²) in [7, 11) is 0. The smallest absolute Gasteiger partial charge is 0.410 e. The fourth-order valence-electron chi connectivity index (χ4n) is 6.10. The first-order valence-corrected chi connectivity index (χ1v) is 14.9. The van der Waals surface area contributed by atoms with E-state index in [0.29, 0.717) is 18.2 Å². The number of fused-ring (bicyclic) bond motifs is 2. The first-order chi connectivity index (χ1) is 21.1. The zero-order valence-corrected chi connectivity index (χ0v) is 24.3. The number of pyridine rings is 1. The maximum Gasteiger partial charge on any atom is 0.410 e. The summed E-state index contributed by atoms with van der Waals surface area (Å²) in [6.45, 7) is 1.50. The van der Waals surface area contributed by atoms with Gasteiger partial charge in [-0.25, -0.2) is 19.7 Å². The molecule has 6 aromatic rings. The molecule has 8 heteroatoms. The Morgan fingerprint density at radius 1 is 0.930 bits per heavy atom. The molecule has 0 saturated carbocycles. The zero-order valence-electron chi connectivity index (χ0n) is 23.5. The number of amides is 1. The van der Waals surface area contributed by atoms with Crippen molar-refractivity contribution in [1.29, 1.82) is 0 Å². The van der Waals surface area contributed by atoms with Crippen molar-refractivity contribution in [3.05, 3.63) is 132 Å². The van der Waals surface area contributed by atoms with Gasteiger partial charge >= 0.3 is 6.09 Å². The molecular weight excluding hydrogens is 558 g/mol. The third kappa shape index (κ3) is 5.56. The largest absolute Gasteiger partial charge is 0.445 e. The van der Waals surface area contributed by atoms with Crippen LogP contribution in [-0.2, 0) is 11.3 Å². The summed E-state index contributed by atoms with van der Waals surface area (Å²) in [4.78, 5) is 28.9. The number of nitrogens with zero attached hydrogens (tertiary/aromatic N) is 5. The molecule has 0 aliphatic carbocycles. The van der Waals surface area contributed by atoms with E-state index in [1.807, 2.05) is 64.0 Å². The van der Waals surface area contributed by atoms with E-state index in [0.717, 1.165) is 57.5 Å². The number of imidazole rings is 1. The molecule has 1 aliphatic rings. The number of hydrogen-bond acceptors (Lipinski definition) is 5. The van der Waals surface area contributed by atoms with Gasteiger partial charge < -0.3 is 9.64 Å². The van der Waals surface area contributed by atoms with Crippen molar-refractivity contribution in [2.45, 2.75) is 25.4 Å². The molecule has 43 heavy (non-hydrogen) atoms. The van der Waals surface area contributed by atoms with E-state index in [2.05, 4.69) is 47.4 Å². The molecule has 7 rings (SSSR count). The van der Waals surface area contributed by atoms with Crippen molar-refractivity contribution >= 4 is 34.1 Å². The molecule has 1 amide bonds. The Kier molecular flexibility index (Phi) is 7.47. The summed E-state index contributed by atoms with van der Waals surface area (Å²) in [5.74, 6) is 1.11. The maximum atomic E-state index is 12.9. The number of aromatic nitrogens is 4. The zero-order chi connectivity index (χ0) is 29.2. The third-order valence-electron chi connectivity index (χ3n) is 8.34. The average Bonchev–Trinajstić information content (AvgIpc) is 3.49.